The molecule has 0 aliphatic rings. The van der Waals surface area contributed by atoms with E-state index in [2.05, 4.69) is 41.0 Å². The molecule has 0 saturated carbocycles. The number of hydrogen-bond donors (Lipinski definition) is 1. The van der Waals surface area contributed by atoms with Crippen LogP contribution in [0.25, 0.3) is 0 Å². The standard InChI is InChI=1S/C8H3N/c1-2-3-4-5-6-7-8-9/h9H,1H2. The van der Waals surface area contributed by atoms with Crippen LogP contribution in [0.5, 0.6) is 0 Å². The molecule has 1 nitrogen and oxygen atoms in total. The third-order valence-electron chi connectivity index (χ3n) is 0.401. The Morgan fingerprint density at radius 3 is 2.00 bits per heavy atom. The third kappa shape index (κ3) is 6.13. The van der Waals surface area contributed by atoms with E-state index in [1.807, 2.05) is 5.87 Å². The highest BCUT2D eigenvalue weighted by atomic mass is 14.3. The van der Waals surface area contributed by atoms with E-state index in [4.69, 9.17) is 5.41 Å². The number of hydrogen-bond acceptors (Lipinski definition) is 1. The van der Waals surface area contributed by atoms with E-state index in [0.29, 0.717) is 0 Å². The minimum absolute atomic E-state index is 1.87. The molecule has 40 valence electrons. The molecule has 0 aliphatic carbocycles. The molecule has 0 aromatic heterocycles. The largest absolute Gasteiger partial charge is 0.251 e. The van der Waals surface area contributed by atoms with Gasteiger partial charge < -0.3 is 0 Å². The minimum atomic E-state index is 1.87. The van der Waals surface area contributed by atoms with Gasteiger partial charge in [-0.05, 0) is 18.0 Å². The fourth-order valence-corrected chi connectivity index (χ4v) is 0.169. The van der Waals surface area contributed by atoms with Gasteiger partial charge in [0.25, 0.3) is 0 Å². The van der Waals surface area contributed by atoms with Crippen molar-refractivity contribution >= 4 is 5.87 Å². The third-order valence-corrected chi connectivity index (χ3v) is 0.401. The molecule has 0 aromatic rings. The van der Waals surface area contributed by atoms with Crippen molar-refractivity contribution in [2.45, 2.75) is 0 Å². The minimum Gasteiger partial charge on any atom is -0.251 e. The summed E-state index contributed by atoms with van der Waals surface area (Å²) in [5.74, 6) is 1.87. The van der Waals surface area contributed by atoms with E-state index in [-0.39, 0.29) is 0 Å². The van der Waals surface area contributed by atoms with Gasteiger partial charge in [-0.1, -0.05) is 5.73 Å². The van der Waals surface area contributed by atoms with Crippen molar-refractivity contribution in [1.29, 1.82) is 5.41 Å². The van der Waals surface area contributed by atoms with Crippen LogP contribution in [-0.2, 0) is 0 Å². The molecule has 1 N–H and O–H groups in total. The van der Waals surface area contributed by atoms with Gasteiger partial charge in [0.15, 0.2) is 0 Å². The summed E-state index contributed by atoms with van der Waals surface area (Å²) in [6.07, 6.45) is 0. The molecule has 0 aromatic carbocycles. The summed E-state index contributed by atoms with van der Waals surface area (Å²) >= 11 is 0. The van der Waals surface area contributed by atoms with Crippen LogP contribution in [0.4, 0.5) is 0 Å². The highest BCUT2D eigenvalue weighted by Crippen LogP contribution is 1.49. The van der Waals surface area contributed by atoms with Crippen LogP contribution in [-0.4, -0.2) is 5.87 Å². The first kappa shape index (κ1) is 7.13. The molecule has 0 atom stereocenters. The van der Waals surface area contributed by atoms with Crippen LogP contribution in [0.3, 0.4) is 0 Å². The van der Waals surface area contributed by atoms with E-state index in [9.17, 15) is 0 Å². The van der Waals surface area contributed by atoms with E-state index >= 15 is 0 Å². The Hall–Kier alpha value is -1.87. The highest BCUT2D eigenvalue weighted by Gasteiger charge is 1.34. The zero-order valence-corrected chi connectivity index (χ0v) is 4.71. The molecule has 0 radical (unpaired) electrons. The van der Waals surface area contributed by atoms with E-state index in [0.717, 1.165) is 0 Å². The summed E-state index contributed by atoms with van der Waals surface area (Å²) < 4.78 is 0. The Kier molecular flexibility index (Phi) is 4.86. The summed E-state index contributed by atoms with van der Waals surface area (Å²) in [6.45, 7) is 3.24. The van der Waals surface area contributed by atoms with Crippen LogP contribution in [0.15, 0.2) is 41.0 Å². The average Bonchev–Trinajstić information content (AvgIpc) is 1.89. The van der Waals surface area contributed by atoms with Crippen molar-refractivity contribution in [3.05, 3.63) is 41.0 Å². The lowest BCUT2D eigenvalue weighted by Gasteiger charge is -1.35. The van der Waals surface area contributed by atoms with Gasteiger partial charge in [0.05, 0.1) is 0 Å². The monoisotopic (exact) mass is 113 g/mol. The fraction of sp³-hybridized carbons (Fsp3) is 0. The Morgan fingerprint density at radius 2 is 1.44 bits per heavy atom. The first-order valence-corrected chi connectivity index (χ1v) is 2.10. The van der Waals surface area contributed by atoms with Crippen molar-refractivity contribution < 1.29 is 0 Å². The first-order valence-electron chi connectivity index (χ1n) is 2.10. The van der Waals surface area contributed by atoms with E-state index in [1.54, 1.807) is 0 Å². The van der Waals surface area contributed by atoms with Gasteiger partial charge in [-0.25, -0.2) is 0 Å². The second kappa shape index (κ2) is 6.13. The van der Waals surface area contributed by atoms with Gasteiger partial charge >= 0.3 is 0 Å². The lowest BCUT2D eigenvalue weighted by Crippen LogP contribution is -1.26. The van der Waals surface area contributed by atoms with Crippen LogP contribution in [0, 0.1) is 5.41 Å². The van der Waals surface area contributed by atoms with Crippen molar-refractivity contribution in [3.8, 4) is 0 Å². The quantitative estimate of drug-likeness (QED) is 0.362. The summed E-state index contributed by atoms with van der Waals surface area (Å²) in [4.78, 5) is 0. The number of nitrogens with one attached hydrogen (secondary N) is 1. The van der Waals surface area contributed by atoms with Crippen LogP contribution >= 0.6 is 0 Å². The van der Waals surface area contributed by atoms with Crippen molar-refractivity contribution in [2.75, 3.05) is 0 Å². The van der Waals surface area contributed by atoms with Crippen LogP contribution < -0.4 is 0 Å². The van der Waals surface area contributed by atoms with Crippen molar-refractivity contribution in [2.24, 2.45) is 0 Å². The molecular weight excluding hydrogens is 110 g/mol. The lowest BCUT2D eigenvalue weighted by molar-refractivity contribution is 1.60. The summed E-state index contributed by atoms with van der Waals surface area (Å²) in [5, 5.41) is 6.34. The molecule has 0 fully saturated rings. The normalized spacial score (nSPS) is 3.56. The summed E-state index contributed by atoms with van der Waals surface area (Å²) in [6, 6.07) is 0. The Bertz CT molecular complexity index is 289. The maximum Gasteiger partial charge on any atom is 0.0399 e. The molecule has 0 spiro atoms. The molecule has 0 bridgehead atoms. The predicted octanol–water partition coefficient (Wildman–Crippen LogP) is 1.35. The van der Waals surface area contributed by atoms with Crippen molar-refractivity contribution in [3.63, 3.8) is 0 Å². The van der Waals surface area contributed by atoms with Crippen LogP contribution in [0.1, 0.15) is 0 Å². The topological polar surface area (TPSA) is 23.9 Å². The second-order valence-electron chi connectivity index (χ2n) is 0.927. The Morgan fingerprint density at radius 1 is 0.889 bits per heavy atom. The van der Waals surface area contributed by atoms with Gasteiger partial charge in [-0.2, -0.15) is 0 Å². The number of rotatable bonds is 0. The smallest absolute Gasteiger partial charge is 0.0399 e. The van der Waals surface area contributed by atoms with E-state index in [1.165, 1.54) is 0 Å². The molecule has 0 rings (SSSR count). The summed E-state index contributed by atoms with van der Waals surface area (Å²) in [5.41, 5.74) is 14.1. The zero-order valence-electron chi connectivity index (χ0n) is 4.71. The molecule has 0 aliphatic heterocycles. The molecule has 1 heteroatoms. The zero-order chi connectivity index (χ0) is 6.95. The van der Waals surface area contributed by atoms with Gasteiger partial charge in [0, 0.05) is 23.1 Å². The van der Waals surface area contributed by atoms with Gasteiger partial charge in [0.2, 0.25) is 0 Å². The molecular formula is C8H3N. The summed E-state index contributed by atoms with van der Waals surface area (Å²) in [7, 11) is 0. The predicted molar refractivity (Wildman–Crippen MR) is 34.4 cm³/mol. The SMILES string of the molecule is C=C=C=C=C=C=C=C=N. The molecule has 0 heterocycles. The molecule has 0 amide bonds. The van der Waals surface area contributed by atoms with E-state index < -0.39 is 0 Å². The second-order valence-corrected chi connectivity index (χ2v) is 0.927. The average molecular weight is 113 g/mol. The first-order chi connectivity index (χ1) is 4.41. The van der Waals surface area contributed by atoms with Crippen LogP contribution in [0.2, 0.25) is 0 Å². The van der Waals surface area contributed by atoms with Gasteiger partial charge in [0.1, 0.15) is 0 Å². The maximum atomic E-state index is 6.34. The molecule has 0 unspecified atom stereocenters. The van der Waals surface area contributed by atoms with Gasteiger partial charge in [-0.3, -0.25) is 5.41 Å². The maximum absolute atomic E-state index is 6.34. The molecule has 9 heavy (non-hydrogen) atoms. The fourth-order valence-electron chi connectivity index (χ4n) is 0.169. The molecule has 0 saturated heterocycles. The lowest BCUT2D eigenvalue weighted by atomic mass is 10.7. The Balaban J connectivity index is 5.19. The van der Waals surface area contributed by atoms with Crippen molar-refractivity contribution in [1.82, 2.24) is 0 Å². The van der Waals surface area contributed by atoms with Gasteiger partial charge in [-0.15, -0.1) is 0 Å². The highest BCUT2D eigenvalue weighted by molar-refractivity contribution is 5.45. The Labute approximate surface area is 53.2 Å².